The number of halogens is 1. The summed E-state index contributed by atoms with van der Waals surface area (Å²) in [6.45, 7) is 4.48. The van der Waals surface area contributed by atoms with Crippen LogP contribution in [0.2, 0.25) is 0 Å². The highest BCUT2D eigenvalue weighted by Gasteiger charge is 2.14. The number of ether oxygens (including phenoxy) is 1. The van der Waals surface area contributed by atoms with Crippen LogP contribution in [0, 0.1) is 12.7 Å². The number of aromatic nitrogens is 2. The molecule has 0 atom stereocenters. The molecule has 1 aromatic heterocycles. The molecule has 6 nitrogen and oxygen atoms in total. The summed E-state index contributed by atoms with van der Waals surface area (Å²) in [7, 11) is 0. The Morgan fingerprint density at radius 3 is 2.65 bits per heavy atom. The molecule has 7 heteroatoms. The second-order valence-corrected chi connectivity index (χ2v) is 6.27. The predicted octanol–water partition coefficient (Wildman–Crippen LogP) is 2.72. The van der Waals surface area contributed by atoms with Crippen LogP contribution in [0.25, 0.3) is 0 Å². The van der Waals surface area contributed by atoms with Crippen molar-refractivity contribution >= 4 is 11.7 Å². The van der Waals surface area contributed by atoms with Crippen LogP contribution in [0.15, 0.2) is 30.3 Å². The van der Waals surface area contributed by atoms with E-state index in [1.807, 2.05) is 13.0 Å². The highest BCUT2D eigenvalue weighted by atomic mass is 19.1. The largest absolute Gasteiger partial charge is 0.476 e. The second-order valence-electron chi connectivity index (χ2n) is 6.27. The average molecular weight is 358 g/mol. The van der Waals surface area contributed by atoms with Crippen molar-refractivity contribution in [2.45, 2.75) is 26.2 Å². The molecule has 138 valence electrons. The minimum atomic E-state index is -0.367. The first-order valence-corrected chi connectivity index (χ1v) is 8.89. The number of benzene rings is 1. The third-order valence-corrected chi connectivity index (χ3v) is 4.22. The van der Waals surface area contributed by atoms with Gasteiger partial charge in [-0.2, -0.15) is 4.98 Å². The maximum atomic E-state index is 12.9. The van der Waals surface area contributed by atoms with Crippen molar-refractivity contribution in [1.82, 2.24) is 15.3 Å². The molecule has 3 rings (SSSR count). The monoisotopic (exact) mass is 358 g/mol. The van der Waals surface area contributed by atoms with Crippen molar-refractivity contribution in [3.63, 3.8) is 0 Å². The molecule has 1 amide bonds. The number of anilines is 1. The van der Waals surface area contributed by atoms with Gasteiger partial charge in [0.15, 0.2) is 0 Å². The first-order valence-electron chi connectivity index (χ1n) is 8.89. The fourth-order valence-electron chi connectivity index (χ4n) is 2.91. The summed E-state index contributed by atoms with van der Waals surface area (Å²) < 4.78 is 18.5. The fraction of sp³-hybridized carbons (Fsp3) is 0.421. The van der Waals surface area contributed by atoms with Crippen LogP contribution in [-0.2, 0) is 0 Å². The van der Waals surface area contributed by atoms with Gasteiger partial charge in [-0.25, -0.2) is 9.37 Å². The third-order valence-electron chi connectivity index (χ3n) is 4.22. The van der Waals surface area contributed by atoms with Gasteiger partial charge in [0.25, 0.3) is 5.91 Å². The molecule has 0 spiro atoms. The predicted molar refractivity (Wildman–Crippen MR) is 97.1 cm³/mol. The Labute approximate surface area is 152 Å². The molecule has 0 bridgehead atoms. The Hall–Kier alpha value is -2.70. The van der Waals surface area contributed by atoms with Crippen LogP contribution in [0.3, 0.4) is 0 Å². The molecule has 2 heterocycles. The number of aryl methyl sites for hydroxylation is 1. The summed E-state index contributed by atoms with van der Waals surface area (Å²) in [5, 5.41) is 2.74. The van der Waals surface area contributed by atoms with Crippen molar-refractivity contribution in [1.29, 1.82) is 0 Å². The molecule has 0 unspecified atom stereocenters. The van der Waals surface area contributed by atoms with Gasteiger partial charge >= 0.3 is 0 Å². The molecule has 0 radical (unpaired) electrons. The van der Waals surface area contributed by atoms with Gasteiger partial charge in [-0.1, -0.05) is 0 Å². The number of hydrogen-bond donors (Lipinski definition) is 1. The lowest BCUT2D eigenvalue weighted by molar-refractivity contribution is 0.0946. The number of carbonyl (C=O) groups is 1. The number of piperidine rings is 1. The zero-order valence-electron chi connectivity index (χ0n) is 14.9. The minimum Gasteiger partial charge on any atom is -0.476 e. The standard InChI is InChI=1S/C19H23FN4O2/c1-14-22-17(24-10-3-2-4-11-24)13-18(23-14)26-12-9-21-19(25)15-5-7-16(20)8-6-15/h5-8,13H,2-4,9-12H2,1H3,(H,21,25). The first kappa shape index (κ1) is 18.1. The lowest BCUT2D eigenvalue weighted by Gasteiger charge is -2.28. The van der Waals surface area contributed by atoms with Crippen LogP contribution in [0.5, 0.6) is 5.88 Å². The molecule has 1 N–H and O–H groups in total. The van der Waals surface area contributed by atoms with E-state index in [0.29, 0.717) is 30.4 Å². The Balaban J connectivity index is 1.50. The van der Waals surface area contributed by atoms with E-state index in [0.717, 1.165) is 18.9 Å². The highest BCUT2D eigenvalue weighted by Crippen LogP contribution is 2.21. The maximum Gasteiger partial charge on any atom is 0.251 e. The lowest BCUT2D eigenvalue weighted by Crippen LogP contribution is -2.30. The van der Waals surface area contributed by atoms with Crippen LogP contribution >= 0.6 is 0 Å². The number of carbonyl (C=O) groups excluding carboxylic acids is 1. The molecular formula is C19H23FN4O2. The SMILES string of the molecule is Cc1nc(OCCNC(=O)c2ccc(F)cc2)cc(N2CCCCC2)n1. The van der Waals surface area contributed by atoms with E-state index in [4.69, 9.17) is 4.74 Å². The van der Waals surface area contributed by atoms with Crippen molar-refractivity contribution < 1.29 is 13.9 Å². The van der Waals surface area contributed by atoms with Crippen molar-refractivity contribution in [2.24, 2.45) is 0 Å². The van der Waals surface area contributed by atoms with Crippen molar-refractivity contribution in [3.05, 3.63) is 47.5 Å². The first-order chi connectivity index (χ1) is 12.6. The van der Waals surface area contributed by atoms with Gasteiger partial charge in [-0.3, -0.25) is 4.79 Å². The minimum absolute atomic E-state index is 0.263. The summed E-state index contributed by atoms with van der Waals surface area (Å²) in [5.41, 5.74) is 0.414. The highest BCUT2D eigenvalue weighted by molar-refractivity contribution is 5.94. The Bertz CT molecular complexity index is 746. The number of nitrogens with zero attached hydrogens (tertiary/aromatic N) is 3. The Morgan fingerprint density at radius 2 is 1.92 bits per heavy atom. The number of nitrogens with one attached hydrogen (secondary N) is 1. The topological polar surface area (TPSA) is 67.3 Å². The van der Waals surface area contributed by atoms with Gasteiger partial charge in [0, 0.05) is 24.7 Å². The van der Waals surface area contributed by atoms with Crippen LogP contribution in [0.1, 0.15) is 35.4 Å². The number of rotatable bonds is 6. The quantitative estimate of drug-likeness (QED) is 0.804. The molecule has 1 saturated heterocycles. The summed E-state index contributed by atoms with van der Waals surface area (Å²) in [6.07, 6.45) is 3.61. The van der Waals surface area contributed by atoms with Gasteiger partial charge in [-0.05, 0) is 50.5 Å². The van der Waals surface area contributed by atoms with Crippen molar-refractivity contribution in [3.8, 4) is 5.88 Å². The molecule has 1 fully saturated rings. The van der Waals surface area contributed by atoms with E-state index in [-0.39, 0.29) is 11.7 Å². The zero-order valence-corrected chi connectivity index (χ0v) is 14.9. The summed E-state index contributed by atoms with van der Waals surface area (Å²) in [5.74, 6) is 1.44. The van der Waals surface area contributed by atoms with E-state index in [2.05, 4.69) is 20.2 Å². The third kappa shape index (κ3) is 4.91. The fourth-order valence-corrected chi connectivity index (χ4v) is 2.91. The van der Waals surface area contributed by atoms with Gasteiger partial charge in [-0.15, -0.1) is 0 Å². The second kappa shape index (κ2) is 8.60. The van der Waals surface area contributed by atoms with E-state index in [1.165, 1.54) is 43.5 Å². The maximum absolute atomic E-state index is 12.9. The molecule has 1 aliphatic rings. The number of hydrogen-bond acceptors (Lipinski definition) is 5. The van der Waals surface area contributed by atoms with Gasteiger partial charge < -0.3 is 15.0 Å². The van der Waals surface area contributed by atoms with E-state index < -0.39 is 0 Å². The lowest BCUT2D eigenvalue weighted by atomic mass is 10.1. The van der Waals surface area contributed by atoms with E-state index in [1.54, 1.807) is 0 Å². The molecule has 0 saturated carbocycles. The Morgan fingerprint density at radius 1 is 1.19 bits per heavy atom. The Kier molecular flexibility index (Phi) is 5.99. The molecule has 1 aromatic carbocycles. The molecule has 26 heavy (non-hydrogen) atoms. The molecular weight excluding hydrogens is 335 g/mol. The zero-order chi connectivity index (χ0) is 18.4. The van der Waals surface area contributed by atoms with Gasteiger partial charge in [0.1, 0.15) is 24.1 Å². The smallest absolute Gasteiger partial charge is 0.251 e. The summed E-state index contributed by atoms with van der Waals surface area (Å²) in [6, 6.07) is 7.27. The normalized spacial score (nSPS) is 14.2. The van der Waals surface area contributed by atoms with Gasteiger partial charge in [0.05, 0.1) is 6.54 Å². The van der Waals surface area contributed by atoms with Crippen molar-refractivity contribution in [2.75, 3.05) is 31.1 Å². The van der Waals surface area contributed by atoms with E-state index >= 15 is 0 Å². The van der Waals surface area contributed by atoms with Gasteiger partial charge in [0.2, 0.25) is 5.88 Å². The van der Waals surface area contributed by atoms with Crippen LogP contribution in [-0.4, -0.2) is 42.1 Å². The number of amides is 1. The molecule has 2 aromatic rings. The summed E-state index contributed by atoms with van der Waals surface area (Å²) >= 11 is 0. The molecule has 0 aliphatic carbocycles. The van der Waals surface area contributed by atoms with E-state index in [9.17, 15) is 9.18 Å². The average Bonchev–Trinajstić information content (AvgIpc) is 2.66. The summed E-state index contributed by atoms with van der Waals surface area (Å²) in [4.78, 5) is 23.0. The van der Waals surface area contributed by atoms with Crippen LogP contribution in [0.4, 0.5) is 10.2 Å². The van der Waals surface area contributed by atoms with Crippen LogP contribution < -0.4 is 15.0 Å². The molecule has 1 aliphatic heterocycles.